The standard InChI is InChI=1S/C15H14N2O6/c1-8(18)17-13(14(20)21)15(22)23-7-9-4-5-11(19)12-10(9)3-2-6-16-12/h2-6,13,19H,7H2,1H3,(H,17,18)(H,20,21). The van der Waals surface area contributed by atoms with Gasteiger partial charge in [0.2, 0.25) is 11.9 Å². The number of hydrogen-bond donors (Lipinski definition) is 3. The summed E-state index contributed by atoms with van der Waals surface area (Å²) in [6, 6.07) is 4.52. The van der Waals surface area contributed by atoms with Crippen LogP contribution in [0.4, 0.5) is 0 Å². The highest BCUT2D eigenvalue weighted by atomic mass is 16.5. The van der Waals surface area contributed by atoms with Gasteiger partial charge in [-0.05, 0) is 17.7 Å². The first-order valence-electron chi connectivity index (χ1n) is 6.62. The number of phenolic OH excluding ortho intramolecular Hbond substituents is 1. The number of aromatic nitrogens is 1. The fourth-order valence-corrected chi connectivity index (χ4v) is 2.00. The quantitative estimate of drug-likeness (QED) is 0.543. The molecule has 0 saturated heterocycles. The van der Waals surface area contributed by atoms with Crippen LogP contribution in [-0.4, -0.2) is 39.1 Å². The highest BCUT2D eigenvalue weighted by Gasteiger charge is 2.28. The first-order chi connectivity index (χ1) is 10.9. The van der Waals surface area contributed by atoms with E-state index in [-0.39, 0.29) is 12.4 Å². The van der Waals surface area contributed by atoms with Crippen molar-refractivity contribution in [1.82, 2.24) is 10.3 Å². The van der Waals surface area contributed by atoms with Gasteiger partial charge in [0, 0.05) is 18.5 Å². The number of hydrogen-bond acceptors (Lipinski definition) is 6. The van der Waals surface area contributed by atoms with Crippen molar-refractivity contribution in [1.29, 1.82) is 0 Å². The average molecular weight is 318 g/mol. The van der Waals surface area contributed by atoms with Crippen LogP contribution in [0.25, 0.3) is 10.9 Å². The number of nitrogens with one attached hydrogen (secondary N) is 1. The highest BCUT2D eigenvalue weighted by molar-refractivity contribution is 6.01. The number of carboxylic acid groups (broad SMARTS) is 1. The number of rotatable bonds is 5. The topological polar surface area (TPSA) is 126 Å². The van der Waals surface area contributed by atoms with Crippen LogP contribution < -0.4 is 5.32 Å². The van der Waals surface area contributed by atoms with Crippen LogP contribution in [0.5, 0.6) is 5.75 Å². The zero-order valence-electron chi connectivity index (χ0n) is 12.1. The Labute approximate surface area is 130 Å². The van der Waals surface area contributed by atoms with Crippen LogP contribution >= 0.6 is 0 Å². The Balaban J connectivity index is 2.17. The monoisotopic (exact) mass is 318 g/mol. The number of aliphatic carboxylic acids is 1. The molecule has 3 N–H and O–H groups in total. The number of ether oxygens (including phenoxy) is 1. The predicted octanol–water partition coefficient (Wildman–Crippen LogP) is 0.573. The molecule has 0 bridgehead atoms. The van der Waals surface area contributed by atoms with Gasteiger partial charge in [-0.15, -0.1) is 0 Å². The number of phenols is 1. The van der Waals surface area contributed by atoms with Crippen molar-refractivity contribution in [2.45, 2.75) is 19.6 Å². The second-order valence-corrected chi connectivity index (χ2v) is 4.72. The molecular weight excluding hydrogens is 304 g/mol. The summed E-state index contributed by atoms with van der Waals surface area (Å²) in [5.74, 6) is -3.27. The summed E-state index contributed by atoms with van der Waals surface area (Å²) in [4.78, 5) is 37.8. The van der Waals surface area contributed by atoms with Crippen LogP contribution in [-0.2, 0) is 25.7 Å². The van der Waals surface area contributed by atoms with E-state index in [4.69, 9.17) is 9.84 Å². The van der Waals surface area contributed by atoms with Crippen molar-refractivity contribution in [2.24, 2.45) is 0 Å². The number of esters is 1. The number of carboxylic acids is 1. The van der Waals surface area contributed by atoms with Gasteiger partial charge in [-0.25, -0.2) is 9.59 Å². The van der Waals surface area contributed by atoms with Crippen LogP contribution in [0.15, 0.2) is 30.5 Å². The summed E-state index contributed by atoms with van der Waals surface area (Å²) in [5, 5.41) is 21.2. The molecule has 2 aromatic rings. The van der Waals surface area contributed by atoms with E-state index in [2.05, 4.69) is 4.98 Å². The molecule has 0 aliphatic heterocycles. The number of fused-ring (bicyclic) bond motifs is 1. The Morgan fingerprint density at radius 1 is 1.30 bits per heavy atom. The maximum Gasteiger partial charge on any atom is 0.340 e. The van der Waals surface area contributed by atoms with Crippen molar-refractivity contribution in [2.75, 3.05) is 0 Å². The number of benzene rings is 1. The summed E-state index contributed by atoms with van der Waals surface area (Å²) in [7, 11) is 0. The van der Waals surface area contributed by atoms with E-state index >= 15 is 0 Å². The molecule has 0 spiro atoms. The Morgan fingerprint density at radius 3 is 2.70 bits per heavy atom. The van der Waals surface area contributed by atoms with Gasteiger partial charge in [0.1, 0.15) is 17.9 Å². The fraction of sp³-hybridized carbons (Fsp3) is 0.200. The Kier molecular flexibility index (Phi) is 4.75. The van der Waals surface area contributed by atoms with Crippen LogP contribution in [0.1, 0.15) is 12.5 Å². The number of amides is 1. The molecule has 0 saturated carbocycles. The Bertz CT molecular complexity index is 774. The summed E-state index contributed by atoms with van der Waals surface area (Å²) >= 11 is 0. The van der Waals surface area contributed by atoms with Crippen LogP contribution in [0.3, 0.4) is 0 Å². The zero-order chi connectivity index (χ0) is 17.0. The van der Waals surface area contributed by atoms with Gasteiger partial charge in [0.25, 0.3) is 0 Å². The van der Waals surface area contributed by atoms with Gasteiger partial charge in [-0.1, -0.05) is 12.1 Å². The minimum Gasteiger partial charge on any atom is -0.506 e. The van der Waals surface area contributed by atoms with Gasteiger partial charge in [-0.2, -0.15) is 0 Å². The molecule has 0 aliphatic rings. The molecule has 1 unspecified atom stereocenters. The average Bonchev–Trinajstić information content (AvgIpc) is 2.51. The minimum atomic E-state index is -1.77. The molecule has 0 fully saturated rings. The van der Waals surface area contributed by atoms with Crippen LogP contribution in [0, 0.1) is 0 Å². The van der Waals surface area contributed by atoms with Gasteiger partial charge in [0.05, 0.1) is 0 Å². The summed E-state index contributed by atoms with van der Waals surface area (Å²) in [6.45, 7) is 0.882. The second-order valence-electron chi connectivity index (χ2n) is 4.72. The fourth-order valence-electron chi connectivity index (χ4n) is 2.00. The molecule has 0 radical (unpaired) electrons. The third-order valence-corrected chi connectivity index (χ3v) is 3.04. The van der Waals surface area contributed by atoms with Gasteiger partial charge >= 0.3 is 11.9 Å². The molecule has 23 heavy (non-hydrogen) atoms. The third kappa shape index (κ3) is 3.73. The lowest BCUT2D eigenvalue weighted by Gasteiger charge is -2.13. The molecule has 1 heterocycles. The molecule has 1 amide bonds. The summed E-state index contributed by atoms with van der Waals surface area (Å²) in [6.07, 6.45) is 1.51. The first-order valence-corrected chi connectivity index (χ1v) is 6.62. The third-order valence-electron chi connectivity index (χ3n) is 3.04. The molecule has 1 aromatic carbocycles. The van der Waals surface area contributed by atoms with E-state index in [1.807, 2.05) is 5.32 Å². The first kappa shape index (κ1) is 16.2. The predicted molar refractivity (Wildman–Crippen MR) is 78.4 cm³/mol. The number of pyridine rings is 1. The second kappa shape index (κ2) is 6.73. The van der Waals surface area contributed by atoms with Gasteiger partial charge in [-0.3, -0.25) is 9.78 Å². The molecule has 0 aliphatic carbocycles. The van der Waals surface area contributed by atoms with E-state index in [1.54, 1.807) is 18.2 Å². The van der Waals surface area contributed by atoms with Gasteiger partial charge in [0.15, 0.2) is 0 Å². The van der Waals surface area contributed by atoms with Crippen molar-refractivity contribution in [3.63, 3.8) is 0 Å². The van der Waals surface area contributed by atoms with E-state index < -0.39 is 23.9 Å². The summed E-state index contributed by atoms with van der Waals surface area (Å²) < 4.78 is 4.96. The molecule has 120 valence electrons. The SMILES string of the molecule is CC(=O)NC(C(=O)O)C(=O)OCc1ccc(O)c2ncccc12. The Morgan fingerprint density at radius 2 is 2.04 bits per heavy atom. The lowest BCUT2D eigenvalue weighted by Crippen LogP contribution is -2.46. The smallest absolute Gasteiger partial charge is 0.340 e. The maximum atomic E-state index is 11.8. The minimum absolute atomic E-state index is 0.0164. The van der Waals surface area contributed by atoms with E-state index in [0.717, 1.165) is 6.92 Å². The summed E-state index contributed by atoms with van der Waals surface area (Å²) in [5.41, 5.74) is 0.893. The number of aromatic hydroxyl groups is 1. The van der Waals surface area contributed by atoms with Crippen molar-refractivity contribution < 1.29 is 29.3 Å². The maximum absolute atomic E-state index is 11.8. The van der Waals surface area contributed by atoms with Gasteiger partial charge < -0.3 is 20.3 Å². The highest BCUT2D eigenvalue weighted by Crippen LogP contribution is 2.25. The number of carbonyl (C=O) groups is 3. The van der Waals surface area contributed by atoms with Crippen LogP contribution in [0.2, 0.25) is 0 Å². The Hall–Kier alpha value is -3.16. The molecular formula is C15H14N2O6. The van der Waals surface area contributed by atoms with Crippen molar-refractivity contribution in [3.05, 3.63) is 36.0 Å². The number of nitrogens with zero attached hydrogens (tertiary/aromatic N) is 1. The lowest BCUT2D eigenvalue weighted by molar-refractivity contribution is -0.157. The number of carbonyl (C=O) groups excluding carboxylic acids is 2. The molecule has 1 atom stereocenters. The zero-order valence-corrected chi connectivity index (χ0v) is 12.1. The largest absolute Gasteiger partial charge is 0.506 e. The van der Waals surface area contributed by atoms with Crippen molar-refractivity contribution >= 4 is 28.7 Å². The normalized spacial score (nSPS) is 11.7. The molecule has 8 nitrogen and oxygen atoms in total. The molecule has 8 heteroatoms. The lowest BCUT2D eigenvalue weighted by atomic mass is 10.1. The molecule has 2 rings (SSSR count). The van der Waals surface area contributed by atoms with E-state index in [0.29, 0.717) is 16.5 Å². The van der Waals surface area contributed by atoms with E-state index in [1.165, 1.54) is 12.3 Å². The molecule has 1 aromatic heterocycles. The van der Waals surface area contributed by atoms with E-state index in [9.17, 15) is 19.5 Å². The van der Waals surface area contributed by atoms with Crippen molar-refractivity contribution in [3.8, 4) is 5.75 Å².